The molecular formula is C25H27FNO+. The molecule has 3 aromatic carbocycles. The van der Waals surface area contributed by atoms with E-state index >= 15 is 0 Å². The van der Waals surface area contributed by atoms with Crippen molar-refractivity contribution in [3.63, 3.8) is 0 Å². The molecule has 0 aliphatic carbocycles. The third-order valence-electron chi connectivity index (χ3n) is 6.11. The summed E-state index contributed by atoms with van der Waals surface area (Å²) in [5.41, 5.74) is 1.68. The summed E-state index contributed by atoms with van der Waals surface area (Å²) < 4.78 is 14.0. The predicted octanol–water partition coefficient (Wildman–Crippen LogP) is 3.56. The fourth-order valence-corrected chi connectivity index (χ4v) is 4.55. The quantitative estimate of drug-likeness (QED) is 0.699. The molecule has 28 heavy (non-hydrogen) atoms. The highest BCUT2D eigenvalue weighted by Crippen LogP contribution is 2.40. The van der Waals surface area contributed by atoms with Gasteiger partial charge in [-0.3, -0.25) is 0 Å². The number of hydrogen-bond donors (Lipinski definition) is 2. The molecular weight excluding hydrogens is 349 g/mol. The lowest BCUT2D eigenvalue weighted by Gasteiger charge is -2.41. The zero-order valence-corrected chi connectivity index (χ0v) is 16.0. The van der Waals surface area contributed by atoms with E-state index in [4.69, 9.17) is 0 Å². The van der Waals surface area contributed by atoms with Gasteiger partial charge in [-0.2, -0.15) is 0 Å². The van der Waals surface area contributed by atoms with Crippen LogP contribution in [0, 0.1) is 11.7 Å². The summed E-state index contributed by atoms with van der Waals surface area (Å²) in [6.45, 7) is 2.57. The smallest absolute Gasteiger partial charge is 0.132 e. The summed E-state index contributed by atoms with van der Waals surface area (Å²) in [7, 11) is 0. The molecule has 1 heterocycles. The van der Waals surface area contributed by atoms with Crippen LogP contribution in [-0.4, -0.2) is 18.2 Å². The maximum absolute atomic E-state index is 14.0. The van der Waals surface area contributed by atoms with Crippen molar-refractivity contribution in [1.82, 2.24) is 0 Å². The van der Waals surface area contributed by atoms with E-state index in [9.17, 15) is 9.50 Å². The Morgan fingerprint density at radius 3 is 1.82 bits per heavy atom. The van der Waals surface area contributed by atoms with Gasteiger partial charge in [-0.1, -0.05) is 78.9 Å². The first-order valence-electron chi connectivity index (χ1n) is 10.1. The number of rotatable bonds is 5. The first-order chi connectivity index (χ1) is 13.7. The van der Waals surface area contributed by atoms with E-state index in [-0.39, 0.29) is 11.7 Å². The minimum Gasteiger partial charge on any atom is -0.380 e. The fraction of sp³-hybridized carbons (Fsp3) is 0.280. The summed E-state index contributed by atoms with van der Waals surface area (Å²) in [4.78, 5) is 1.38. The molecule has 1 fully saturated rings. The van der Waals surface area contributed by atoms with Crippen LogP contribution in [0.3, 0.4) is 0 Å². The van der Waals surface area contributed by atoms with Crippen molar-refractivity contribution in [2.75, 3.05) is 13.1 Å². The zero-order valence-electron chi connectivity index (χ0n) is 16.0. The standard InChI is InChI=1S/C25H26FNO/c26-24-14-8-7-9-20(24)19-27-17-15-23(16-18-27)25(28,21-10-3-1-4-11-21)22-12-5-2-6-13-22/h1-14,23,28H,15-19H2/p+1. The van der Waals surface area contributed by atoms with E-state index < -0.39 is 5.60 Å². The van der Waals surface area contributed by atoms with E-state index in [2.05, 4.69) is 0 Å². The molecule has 4 rings (SSSR count). The molecule has 0 spiro atoms. The number of nitrogens with one attached hydrogen (secondary N) is 1. The fourth-order valence-electron chi connectivity index (χ4n) is 4.55. The molecule has 0 bridgehead atoms. The Bertz CT molecular complexity index is 849. The highest BCUT2D eigenvalue weighted by Gasteiger charge is 2.42. The van der Waals surface area contributed by atoms with Gasteiger partial charge in [0.1, 0.15) is 18.0 Å². The summed E-state index contributed by atoms with van der Waals surface area (Å²) >= 11 is 0. The van der Waals surface area contributed by atoms with Crippen molar-refractivity contribution < 1.29 is 14.4 Å². The lowest BCUT2D eigenvalue weighted by molar-refractivity contribution is -0.920. The molecule has 0 aromatic heterocycles. The Balaban J connectivity index is 1.54. The lowest BCUT2D eigenvalue weighted by atomic mass is 9.72. The summed E-state index contributed by atoms with van der Waals surface area (Å²) in [6, 6.07) is 27.0. The van der Waals surface area contributed by atoms with Gasteiger partial charge in [0.25, 0.3) is 0 Å². The Kier molecular flexibility index (Phi) is 5.56. The number of halogens is 1. The normalized spacial score (nSPS) is 20.1. The molecule has 3 heteroatoms. The second kappa shape index (κ2) is 8.26. The molecule has 0 saturated carbocycles. The molecule has 2 nitrogen and oxygen atoms in total. The van der Waals surface area contributed by atoms with E-state index in [1.807, 2.05) is 72.8 Å². The molecule has 2 N–H and O–H groups in total. The van der Waals surface area contributed by atoms with Crippen LogP contribution < -0.4 is 4.90 Å². The van der Waals surface area contributed by atoms with Crippen LogP contribution in [-0.2, 0) is 12.1 Å². The molecule has 0 amide bonds. The van der Waals surface area contributed by atoms with Gasteiger partial charge in [0.2, 0.25) is 0 Å². The molecule has 144 valence electrons. The molecule has 0 radical (unpaired) electrons. The lowest BCUT2D eigenvalue weighted by Crippen LogP contribution is -3.12. The largest absolute Gasteiger partial charge is 0.380 e. The third kappa shape index (κ3) is 3.73. The molecule has 3 aromatic rings. The van der Waals surface area contributed by atoms with Crippen LogP contribution in [0.25, 0.3) is 0 Å². The van der Waals surface area contributed by atoms with Crippen LogP contribution in [0.15, 0.2) is 84.9 Å². The monoisotopic (exact) mass is 376 g/mol. The number of quaternary nitrogens is 1. The zero-order chi connectivity index (χ0) is 19.4. The van der Waals surface area contributed by atoms with Gasteiger partial charge < -0.3 is 10.0 Å². The highest BCUT2D eigenvalue weighted by molar-refractivity contribution is 5.37. The van der Waals surface area contributed by atoms with E-state index in [1.54, 1.807) is 6.07 Å². The number of aliphatic hydroxyl groups is 1. The Morgan fingerprint density at radius 2 is 1.29 bits per heavy atom. The second-order valence-electron chi connectivity index (χ2n) is 7.79. The van der Waals surface area contributed by atoms with Crippen molar-refractivity contribution in [2.24, 2.45) is 5.92 Å². The summed E-state index contributed by atoms with van der Waals surface area (Å²) in [5.74, 6) is 0.0175. The van der Waals surface area contributed by atoms with E-state index in [0.29, 0.717) is 6.54 Å². The minimum atomic E-state index is -0.994. The second-order valence-corrected chi connectivity index (χ2v) is 7.79. The molecule has 1 aliphatic rings. The summed E-state index contributed by atoms with van der Waals surface area (Å²) in [6.07, 6.45) is 1.81. The summed E-state index contributed by atoms with van der Waals surface area (Å²) in [5, 5.41) is 11.9. The van der Waals surface area contributed by atoms with Gasteiger partial charge in [-0.15, -0.1) is 0 Å². The molecule has 1 saturated heterocycles. The van der Waals surface area contributed by atoms with Gasteiger partial charge >= 0.3 is 0 Å². The first kappa shape index (κ1) is 18.9. The van der Waals surface area contributed by atoms with Gasteiger partial charge in [0.15, 0.2) is 0 Å². The number of hydrogen-bond acceptors (Lipinski definition) is 1. The average Bonchev–Trinajstić information content (AvgIpc) is 2.76. The molecule has 0 unspecified atom stereocenters. The van der Waals surface area contributed by atoms with Gasteiger partial charge in [-0.25, -0.2) is 4.39 Å². The van der Waals surface area contributed by atoms with Crippen molar-refractivity contribution >= 4 is 0 Å². The Morgan fingerprint density at radius 1 is 0.786 bits per heavy atom. The minimum absolute atomic E-state index is 0.123. The average molecular weight is 376 g/mol. The van der Waals surface area contributed by atoms with Crippen molar-refractivity contribution in [3.05, 3.63) is 107 Å². The number of piperidine rings is 1. The van der Waals surface area contributed by atoms with Gasteiger partial charge in [0, 0.05) is 24.3 Å². The van der Waals surface area contributed by atoms with E-state index in [1.165, 1.54) is 11.0 Å². The third-order valence-corrected chi connectivity index (χ3v) is 6.11. The molecule has 1 aliphatic heterocycles. The van der Waals surface area contributed by atoms with Crippen LogP contribution in [0.2, 0.25) is 0 Å². The van der Waals surface area contributed by atoms with Gasteiger partial charge in [0.05, 0.1) is 13.1 Å². The topological polar surface area (TPSA) is 24.7 Å². The Hall–Kier alpha value is -2.49. The van der Waals surface area contributed by atoms with Crippen molar-refractivity contribution in [2.45, 2.75) is 25.0 Å². The van der Waals surface area contributed by atoms with Crippen molar-refractivity contribution in [1.29, 1.82) is 0 Å². The van der Waals surface area contributed by atoms with Crippen LogP contribution in [0.4, 0.5) is 4.39 Å². The number of benzene rings is 3. The van der Waals surface area contributed by atoms with Crippen LogP contribution in [0.5, 0.6) is 0 Å². The molecule has 0 atom stereocenters. The predicted molar refractivity (Wildman–Crippen MR) is 109 cm³/mol. The Labute approximate surface area is 166 Å². The van der Waals surface area contributed by atoms with Crippen molar-refractivity contribution in [3.8, 4) is 0 Å². The van der Waals surface area contributed by atoms with Crippen LogP contribution in [0.1, 0.15) is 29.5 Å². The van der Waals surface area contributed by atoms with Crippen LogP contribution >= 0.6 is 0 Å². The van der Waals surface area contributed by atoms with E-state index in [0.717, 1.165) is 42.6 Å². The maximum Gasteiger partial charge on any atom is 0.132 e. The number of likely N-dealkylation sites (tertiary alicyclic amines) is 1. The highest BCUT2D eigenvalue weighted by atomic mass is 19.1. The van der Waals surface area contributed by atoms with Gasteiger partial charge in [-0.05, 0) is 17.2 Å². The SMILES string of the molecule is OC(c1ccccc1)(c1ccccc1)C1CC[NH+](Cc2ccccc2F)CC1. The first-order valence-corrected chi connectivity index (χ1v) is 10.1. The maximum atomic E-state index is 14.0.